The lowest BCUT2D eigenvalue weighted by Crippen LogP contribution is -2.48. The van der Waals surface area contributed by atoms with Crippen molar-refractivity contribution in [1.29, 1.82) is 0 Å². The van der Waals surface area contributed by atoms with Crippen molar-refractivity contribution < 1.29 is 37.0 Å². The highest BCUT2D eigenvalue weighted by molar-refractivity contribution is 5.96. The number of unbranched alkanes of at least 4 members (excludes halogenated alkanes) is 1. The largest absolute Gasteiger partial charge is 0.496 e. The minimum Gasteiger partial charge on any atom is -0.496 e. The summed E-state index contributed by atoms with van der Waals surface area (Å²) in [4.78, 5) is 29.6. The minimum absolute atomic E-state index is 0.0949. The van der Waals surface area contributed by atoms with Gasteiger partial charge in [0.15, 0.2) is 0 Å². The number of fused-ring (bicyclic) bond motifs is 1. The zero-order valence-electron chi connectivity index (χ0n) is 26.9. The van der Waals surface area contributed by atoms with Gasteiger partial charge in [0.2, 0.25) is 0 Å². The van der Waals surface area contributed by atoms with Crippen molar-refractivity contribution in [3.63, 3.8) is 0 Å². The summed E-state index contributed by atoms with van der Waals surface area (Å²) in [5.41, 5.74) is 4.43. The molecule has 1 aromatic heterocycles. The molecule has 2 aliphatic rings. The number of carbonyl (C=O) groups excluding carboxylic acids is 2. The minimum atomic E-state index is -4.25. The van der Waals surface area contributed by atoms with Crippen LogP contribution in [-0.2, 0) is 16.0 Å². The molecule has 9 nitrogen and oxygen atoms in total. The third kappa shape index (κ3) is 7.78. The van der Waals surface area contributed by atoms with Crippen LogP contribution in [0.1, 0.15) is 72.1 Å². The zero-order chi connectivity index (χ0) is 33.0. The average Bonchev–Trinajstić information content (AvgIpc) is 3.73. The molecular formula is C34H43F3N4O5. The molecule has 0 radical (unpaired) electrons. The van der Waals surface area contributed by atoms with Crippen LogP contribution in [-0.4, -0.2) is 85.7 Å². The zero-order valence-corrected chi connectivity index (χ0v) is 26.9. The Bertz CT molecular complexity index is 1550. The number of hydrogen-bond donors (Lipinski definition) is 1. The monoisotopic (exact) mass is 644 g/mol. The number of rotatable bonds is 12. The van der Waals surface area contributed by atoms with Gasteiger partial charge in [-0.25, -0.2) is 9.59 Å². The summed E-state index contributed by atoms with van der Waals surface area (Å²) in [6, 6.07) is 9.31. The van der Waals surface area contributed by atoms with E-state index in [2.05, 4.69) is 10.2 Å². The molecule has 1 atom stereocenters. The van der Waals surface area contributed by atoms with E-state index < -0.39 is 24.7 Å². The van der Waals surface area contributed by atoms with Crippen LogP contribution in [0.5, 0.6) is 5.75 Å². The summed E-state index contributed by atoms with van der Waals surface area (Å²) in [6.07, 6.45) is -0.179. The van der Waals surface area contributed by atoms with Crippen molar-refractivity contribution in [2.24, 2.45) is 0 Å². The van der Waals surface area contributed by atoms with Crippen LogP contribution in [0.25, 0.3) is 10.9 Å². The maximum absolute atomic E-state index is 13.2. The lowest BCUT2D eigenvalue weighted by atomic mass is 9.97. The number of esters is 1. The number of nitrogens with zero attached hydrogens (tertiary/aromatic N) is 3. The van der Waals surface area contributed by atoms with Crippen LogP contribution in [0, 0.1) is 6.92 Å². The summed E-state index contributed by atoms with van der Waals surface area (Å²) in [6.45, 7) is 5.96. The second-order valence-electron chi connectivity index (χ2n) is 12.2. The summed E-state index contributed by atoms with van der Waals surface area (Å²) in [7, 11) is 2.94. The van der Waals surface area contributed by atoms with Gasteiger partial charge in [-0.1, -0.05) is 19.4 Å². The van der Waals surface area contributed by atoms with Crippen molar-refractivity contribution in [2.75, 3.05) is 52.3 Å². The molecule has 1 aliphatic heterocycles. The molecule has 1 saturated heterocycles. The van der Waals surface area contributed by atoms with Crippen molar-refractivity contribution >= 4 is 28.7 Å². The van der Waals surface area contributed by atoms with Crippen LogP contribution in [0.4, 0.5) is 23.7 Å². The first-order chi connectivity index (χ1) is 22.0. The quantitative estimate of drug-likeness (QED) is 0.168. The van der Waals surface area contributed by atoms with E-state index in [9.17, 15) is 22.8 Å². The van der Waals surface area contributed by atoms with Gasteiger partial charge in [0.05, 0.1) is 38.3 Å². The van der Waals surface area contributed by atoms with Gasteiger partial charge in [-0.2, -0.15) is 13.2 Å². The van der Waals surface area contributed by atoms with Crippen LogP contribution in [0.3, 0.4) is 0 Å². The Morgan fingerprint density at radius 3 is 2.54 bits per heavy atom. The van der Waals surface area contributed by atoms with Gasteiger partial charge in [-0.05, 0) is 61.6 Å². The number of halogens is 3. The van der Waals surface area contributed by atoms with Crippen molar-refractivity contribution in [1.82, 2.24) is 14.4 Å². The number of benzene rings is 2. The second kappa shape index (κ2) is 14.3. The van der Waals surface area contributed by atoms with Crippen LogP contribution < -0.4 is 10.1 Å². The van der Waals surface area contributed by atoms with Crippen LogP contribution >= 0.6 is 0 Å². The first-order valence-electron chi connectivity index (χ1n) is 15.9. The average molecular weight is 645 g/mol. The Morgan fingerprint density at radius 1 is 1.09 bits per heavy atom. The van der Waals surface area contributed by atoms with E-state index in [1.54, 1.807) is 19.4 Å². The third-order valence-electron chi connectivity index (χ3n) is 8.79. The predicted molar refractivity (Wildman–Crippen MR) is 170 cm³/mol. The number of hydrogen-bond acceptors (Lipinski definition) is 8. The molecular weight excluding hydrogens is 601 g/mol. The number of aryl methyl sites for hydroxylation is 1. The molecule has 0 amide bonds. The number of carbonyl (C=O) groups is 2. The SMILES string of the molecule is CCCCOC(=O)n1ccc2c(CN3CCN(CCC(F)(F)F)C[C@H]3c3ccc(C(=O)OC)c(NC4CC4)c3)c(OC)cc(C)c21. The maximum Gasteiger partial charge on any atom is 0.418 e. The standard InChI is InChI=1S/C34H43F3N4O5/c1-5-6-17-46-33(43)41-13-11-25-27(30(44-3)18-22(2)31(25)41)20-40-16-15-39(14-12-34(35,36)37)21-29(40)23-7-10-26(32(42)45-4)28(19-23)38-24-8-9-24/h7,10-11,13,18-19,24,29,38H,5-6,8-9,12,14-17,20-21H2,1-4H3/t29-/m0/s1. The Morgan fingerprint density at radius 2 is 1.87 bits per heavy atom. The lowest BCUT2D eigenvalue weighted by Gasteiger charge is -2.42. The van der Waals surface area contributed by atoms with Crippen molar-refractivity contribution in [2.45, 2.75) is 70.8 Å². The summed E-state index contributed by atoms with van der Waals surface area (Å²) in [5, 5.41) is 4.28. The smallest absolute Gasteiger partial charge is 0.418 e. The third-order valence-corrected chi connectivity index (χ3v) is 8.79. The van der Waals surface area contributed by atoms with E-state index in [-0.39, 0.29) is 18.6 Å². The van der Waals surface area contributed by atoms with E-state index in [0.29, 0.717) is 49.8 Å². The number of ether oxygens (including phenoxy) is 3. The Kier molecular flexibility index (Phi) is 10.5. The van der Waals surface area contributed by atoms with Gasteiger partial charge in [0, 0.05) is 67.6 Å². The molecule has 0 unspecified atom stereocenters. The lowest BCUT2D eigenvalue weighted by molar-refractivity contribution is -0.139. The normalized spacial score (nSPS) is 17.7. The van der Waals surface area contributed by atoms with Gasteiger partial charge in [-0.15, -0.1) is 0 Å². The first kappa shape index (κ1) is 33.6. The van der Waals surface area contributed by atoms with Crippen LogP contribution in [0.2, 0.25) is 0 Å². The van der Waals surface area contributed by atoms with Gasteiger partial charge in [0.25, 0.3) is 0 Å². The highest BCUT2D eigenvalue weighted by Crippen LogP contribution is 2.38. The summed E-state index contributed by atoms with van der Waals surface area (Å²) < 4.78 is 57.5. The maximum atomic E-state index is 13.2. The Hall–Kier alpha value is -3.77. The molecule has 46 heavy (non-hydrogen) atoms. The van der Waals surface area contributed by atoms with Gasteiger partial charge in [-0.3, -0.25) is 14.4 Å². The highest BCUT2D eigenvalue weighted by Gasteiger charge is 2.34. The molecule has 0 bridgehead atoms. The molecule has 2 aromatic carbocycles. The van der Waals surface area contributed by atoms with E-state index in [1.165, 1.54) is 11.7 Å². The fraction of sp³-hybridized carbons (Fsp3) is 0.529. The molecule has 3 aromatic rings. The molecule has 250 valence electrons. The number of methoxy groups -OCH3 is 2. The summed E-state index contributed by atoms with van der Waals surface area (Å²) >= 11 is 0. The van der Waals surface area contributed by atoms with E-state index in [1.807, 2.05) is 43.0 Å². The number of alkyl halides is 3. The molecule has 2 heterocycles. The Labute approximate surface area is 267 Å². The van der Waals surface area contributed by atoms with E-state index in [0.717, 1.165) is 53.3 Å². The summed E-state index contributed by atoms with van der Waals surface area (Å²) in [5.74, 6) is 0.212. The van der Waals surface area contributed by atoms with Crippen LogP contribution in [0.15, 0.2) is 36.5 Å². The fourth-order valence-electron chi connectivity index (χ4n) is 6.13. The van der Waals surface area contributed by atoms with Gasteiger partial charge >= 0.3 is 18.2 Å². The topological polar surface area (TPSA) is 85.3 Å². The predicted octanol–water partition coefficient (Wildman–Crippen LogP) is 6.92. The van der Waals surface area contributed by atoms with E-state index in [4.69, 9.17) is 14.2 Å². The molecule has 1 aliphatic carbocycles. The molecule has 5 rings (SSSR count). The number of anilines is 1. The van der Waals surface area contributed by atoms with Gasteiger partial charge in [0.1, 0.15) is 5.75 Å². The van der Waals surface area contributed by atoms with E-state index >= 15 is 0 Å². The number of aromatic nitrogens is 1. The van der Waals surface area contributed by atoms with Gasteiger partial charge < -0.3 is 19.5 Å². The molecule has 2 fully saturated rings. The molecule has 0 spiro atoms. The van der Waals surface area contributed by atoms with Crippen molar-refractivity contribution in [3.8, 4) is 5.75 Å². The highest BCUT2D eigenvalue weighted by atomic mass is 19.4. The first-order valence-corrected chi connectivity index (χ1v) is 15.9. The number of piperazine rings is 1. The molecule has 1 N–H and O–H groups in total. The molecule has 1 saturated carbocycles. The fourth-order valence-corrected chi connectivity index (χ4v) is 6.13. The Balaban J connectivity index is 1.51. The number of nitrogens with one attached hydrogen (secondary N) is 1. The molecule has 12 heteroatoms. The second-order valence-corrected chi connectivity index (χ2v) is 12.2. The van der Waals surface area contributed by atoms with Crippen molar-refractivity contribution in [3.05, 3.63) is 58.8 Å².